The molecule has 1 aliphatic heterocycles. The van der Waals surface area contributed by atoms with Crippen molar-refractivity contribution >= 4 is 22.5 Å². The van der Waals surface area contributed by atoms with E-state index < -0.39 is 0 Å². The summed E-state index contributed by atoms with van der Waals surface area (Å²) >= 11 is 6.56. The Morgan fingerprint density at radius 2 is 1.59 bits per heavy atom. The average Bonchev–Trinajstić information content (AvgIpc) is 3.08. The van der Waals surface area contributed by atoms with Gasteiger partial charge >= 0.3 is 0 Å². The van der Waals surface area contributed by atoms with Crippen molar-refractivity contribution in [1.82, 2.24) is 4.98 Å². The van der Waals surface area contributed by atoms with Gasteiger partial charge in [-0.3, -0.25) is 0 Å². The molecule has 4 heteroatoms. The van der Waals surface area contributed by atoms with Crippen molar-refractivity contribution < 1.29 is 10.4 Å². The number of fused-ring (bicyclic) bond motifs is 3. The fraction of sp³-hybridized carbons (Fsp3) is 0.130. The summed E-state index contributed by atoms with van der Waals surface area (Å²) in [5.41, 5.74) is 5.64. The Balaban J connectivity index is 1.75. The van der Waals surface area contributed by atoms with Crippen LogP contribution in [-0.4, -0.2) is 16.6 Å². The second kappa shape index (κ2) is 6.45. The van der Waals surface area contributed by atoms with Crippen LogP contribution in [0, 0.1) is 0 Å². The molecule has 0 bridgehead atoms. The van der Waals surface area contributed by atoms with E-state index in [0.717, 1.165) is 33.9 Å². The van der Waals surface area contributed by atoms with Gasteiger partial charge < -0.3 is 15.4 Å². The molecule has 27 heavy (non-hydrogen) atoms. The molecule has 0 saturated carbocycles. The van der Waals surface area contributed by atoms with E-state index in [1.807, 2.05) is 42.5 Å². The Morgan fingerprint density at radius 1 is 0.889 bits per heavy atom. The quantitative estimate of drug-likeness (QED) is 0.480. The van der Waals surface area contributed by atoms with Crippen LogP contribution in [0.5, 0.6) is 5.75 Å². The van der Waals surface area contributed by atoms with Gasteiger partial charge in [0.05, 0.1) is 23.7 Å². The summed E-state index contributed by atoms with van der Waals surface area (Å²) in [5.74, 6) is 0.534. The predicted octanol–water partition coefficient (Wildman–Crippen LogP) is 4.33. The highest BCUT2D eigenvalue weighted by atomic mass is 35.5. The van der Waals surface area contributed by atoms with Crippen molar-refractivity contribution in [1.29, 1.82) is 0 Å². The lowest BCUT2D eigenvalue weighted by molar-refractivity contribution is -0.692. The second-order valence-electron chi connectivity index (χ2n) is 7.08. The minimum atomic E-state index is 0.0346. The molecule has 2 atom stereocenters. The van der Waals surface area contributed by atoms with Crippen molar-refractivity contribution in [2.75, 3.05) is 6.54 Å². The molecule has 5 rings (SSSR count). The van der Waals surface area contributed by atoms with Crippen molar-refractivity contribution in [2.45, 2.75) is 12.0 Å². The van der Waals surface area contributed by atoms with Crippen LogP contribution in [-0.2, 0) is 0 Å². The predicted molar refractivity (Wildman–Crippen MR) is 108 cm³/mol. The van der Waals surface area contributed by atoms with Crippen molar-refractivity contribution in [3.63, 3.8) is 0 Å². The number of hydrogen-bond acceptors (Lipinski definition) is 1. The van der Waals surface area contributed by atoms with Gasteiger partial charge in [-0.25, -0.2) is 0 Å². The van der Waals surface area contributed by atoms with E-state index in [1.165, 1.54) is 10.9 Å². The molecule has 3 nitrogen and oxygen atoms in total. The lowest BCUT2D eigenvalue weighted by Gasteiger charge is -2.29. The molecule has 4 N–H and O–H groups in total. The molecule has 2 heterocycles. The van der Waals surface area contributed by atoms with Crippen LogP contribution in [0.25, 0.3) is 10.9 Å². The summed E-state index contributed by atoms with van der Waals surface area (Å²) < 4.78 is 0. The summed E-state index contributed by atoms with van der Waals surface area (Å²) in [7, 11) is 0. The third-order valence-electron chi connectivity index (χ3n) is 5.60. The third kappa shape index (κ3) is 2.62. The molecule has 0 radical (unpaired) electrons. The third-order valence-corrected chi connectivity index (χ3v) is 5.94. The fourth-order valence-electron chi connectivity index (χ4n) is 4.39. The summed E-state index contributed by atoms with van der Waals surface area (Å²) in [6.07, 6.45) is 0. The molecule has 0 spiro atoms. The zero-order valence-corrected chi connectivity index (χ0v) is 15.4. The molecular weight excluding hydrogens is 356 g/mol. The van der Waals surface area contributed by atoms with Gasteiger partial charge in [-0.2, -0.15) is 0 Å². The van der Waals surface area contributed by atoms with Gasteiger partial charge in [0, 0.05) is 21.5 Å². The van der Waals surface area contributed by atoms with E-state index >= 15 is 0 Å². The minimum Gasteiger partial charge on any atom is -0.507 e. The van der Waals surface area contributed by atoms with Crippen LogP contribution in [0.2, 0.25) is 5.02 Å². The number of phenols is 1. The van der Waals surface area contributed by atoms with E-state index in [9.17, 15) is 5.11 Å². The monoisotopic (exact) mass is 375 g/mol. The number of benzene rings is 3. The number of phenolic OH excluding ortho intramolecular Hbond substituents is 1. The van der Waals surface area contributed by atoms with Crippen LogP contribution < -0.4 is 5.32 Å². The first-order valence-electron chi connectivity index (χ1n) is 9.20. The fourth-order valence-corrected chi connectivity index (χ4v) is 4.65. The maximum absolute atomic E-state index is 10.4. The summed E-state index contributed by atoms with van der Waals surface area (Å²) in [6.45, 7) is 0.873. The van der Waals surface area contributed by atoms with E-state index in [2.05, 4.69) is 34.6 Å². The molecule has 3 aromatic carbocycles. The van der Waals surface area contributed by atoms with E-state index in [4.69, 9.17) is 11.6 Å². The van der Waals surface area contributed by atoms with E-state index in [-0.39, 0.29) is 12.0 Å². The standard InChI is InChI=1S/C23H19ClN2O/c24-18-10-4-1-7-14(18)17-13-25-22(16-9-3-6-12-20(16)27)23-21(17)15-8-2-5-11-19(15)26-23/h1-12,17,22,25-27H,13H2/p+1/t17-,22+/m1/s1. The highest BCUT2D eigenvalue weighted by molar-refractivity contribution is 6.31. The number of H-pyrrole nitrogens is 1. The second-order valence-corrected chi connectivity index (χ2v) is 7.49. The number of halogens is 1. The molecule has 134 valence electrons. The average molecular weight is 376 g/mol. The first kappa shape index (κ1) is 16.4. The van der Waals surface area contributed by atoms with Crippen LogP contribution in [0.15, 0.2) is 72.8 Å². The molecule has 0 aliphatic carbocycles. The Labute approximate surface area is 162 Å². The number of nitrogens with one attached hydrogen (secondary N) is 1. The van der Waals surface area contributed by atoms with Crippen LogP contribution in [0.4, 0.5) is 0 Å². The topological polar surface area (TPSA) is 52.6 Å². The van der Waals surface area contributed by atoms with E-state index in [1.54, 1.807) is 6.07 Å². The minimum absolute atomic E-state index is 0.0346. The first-order valence-corrected chi connectivity index (χ1v) is 9.58. The summed E-state index contributed by atoms with van der Waals surface area (Å²) in [5, 5.41) is 14.8. The number of aromatic hydroxyl groups is 1. The van der Waals surface area contributed by atoms with Crippen molar-refractivity contribution in [3.05, 3.63) is 100 Å². The van der Waals surface area contributed by atoms with Crippen molar-refractivity contribution in [2.24, 2.45) is 0 Å². The lowest BCUT2D eigenvalue weighted by atomic mass is 9.83. The SMILES string of the molecule is Oc1ccccc1[C@@H]1[NH2+]C[C@H](c2ccccc2Cl)c2c1[nH]c1ccccc21. The number of para-hydroxylation sites is 2. The van der Waals surface area contributed by atoms with Gasteiger partial charge in [-0.05, 0) is 29.8 Å². The number of aromatic nitrogens is 1. The number of aromatic amines is 1. The highest BCUT2D eigenvalue weighted by Gasteiger charge is 2.37. The molecule has 0 fully saturated rings. The molecule has 1 aliphatic rings. The van der Waals surface area contributed by atoms with Crippen LogP contribution >= 0.6 is 11.6 Å². The number of rotatable bonds is 2. The van der Waals surface area contributed by atoms with Gasteiger partial charge in [-0.15, -0.1) is 0 Å². The Kier molecular flexibility index (Phi) is 3.92. The maximum atomic E-state index is 10.4. The molecule has 0 unspecified atom stereocenters. The number of quaternary nitrogens is 1. The van der Waals surface area contributed by atoms with Gasteiger partial charge in [0.15, 0.2) is 6.04 Å². The zero-order valence-electron chi connectivity index (χ0n) is 14.7. The Morgan fingerprint density at radius 3 is 2.41 bits per heavy atom. The molecule has 0 amide bonds. The van der Waals surface area contributed by atoms with Gasteiger partial charge in [0.2, 0.25) is 0 Å². The number of nitrogens with two attached hydrogens (primary N) is 1. The summed E-state index contributed by atoms with van der Waals surface area (Å²) in [4.78, 5) is 3.63. The highest BCUT2D eigenvalue weighted by Crippen LogP contribution is 2.41. The summed E-state index contributed by atoms with van der Waals surface area (Å²) in [6, 6.07) is 24.1. The smallest absolute Gasteiger partial charge is 0.156 e. The Hall–Kier alpha value is -2.75. The molecule has 0 saturated heterocycles. The molecule has 1 aromatic heterocycles. The molecule has 4 aromatic rings. The van der Waals surface area contributed by atoms with Gasteiger partial charge in [0.1, 0.15) is 5.75 Å². The van der Waals surface area contributed by atoms with Crippen LogP contribution in [0.1, 0.15) is 34.3 Å². The van der Waals surface area contributed by atoms with Crippen molar-refractivity contribution in [3.8, 4) is 5.75 Å². The number of hydrogen-bond donors (Lipinski definition) is 3. The van der Waals surface area contributed by atoms with Gasteiger partial charge in [0.25, 0.3) is 0 Å². The lowest BCUT2D eigenvalue weighted by Crippen LogP contribution is -2.88. The largest absolute Gasteiger partial charge is 0.507 e. The first-order chi connectivity index (χ1) is 13.2. The molecular formula is C23H20ClN2O+. The maximum Gasteiger partial charge on any atom is 0.156 e. The zero-order chi connectivity index (χ0) is 18.4. The van der Waals surface area contributed by atoms with Gasteiger partial charge in [-0.1, -0.05) is 60.1 Å². The van der Waals surface area contributed by atoms with Crippen LogP contribution in [0.3, 0.4) is 0 Å². The Bertz CT molecular complexity index is 1130. The normalized spacial score (nSPS) is 19.1. The van der Waals surface area contributed by atoms with E-state index in [0.29, 0.717) is 5.75 Å².